The fraction of sp³-hybridized carbons (Fsp3) is 0.222. The molecule has 0 amide bonds. The molecule has 0 spiro atoms. The van der Waals surface area contributed by atoms with Crippen LogP contribution in [0, 0.1) is 0 Å². The Kier molecular flexibility index (Phi) is 6.53. The van der Waals surface area contributed by atoms with Gasteiger partial charge in [-0.25, -0.2) is 4.79 Å². The zero-order valence-electron chi connectivity index (χ0n) is 8.56. The summed E-state index contributed by atoms with van der Waals surface area (Å²) in [5.41, 5.74) is 0.348. The van der Waals surface area contributed by atoms with Gasteiger partial charge in [0.2, 0.25) is 0 Å². The first-order valence-electron chi connectivity index (χ1n) is 4.01. The topological polar surface area (TPSA) is 66.4 Å². The minimum Gasteiger partial charge on any atom is -0.768 e. The van der Waals surface area contributed by atoms with Gasteiger partial charge in [0, 0.05) is 4.90 Å². The first kappa shape index (κ1) is 14.4. The molecule has 0 radical (unpaired) electrons. The van der Waals surface area contributed by atoms with Gasteiger partial charge in [0.25, 0.3) is 0 Å². The van der Waals surface area contributed by atoms with Gasteiger partial charge in [0.15, 0.2) is 0 Å². The van der Waals surface area contributed by atoms with Crippen molar-refractivity contribution in [3.05, 3.63) is 29.8 Å². The molecule has 1 unspecified atom stereocenters. The van der Waals surface area contributed by atoms with Crippen LogP contribution in [0.1, 0.15) is 17.3 Å². The molecule has 1 rings (SSSR count). The van der Waals surface area contributed by atoms with E-state index in [1.807, 2.05) is 0 Å². The Labute approximate surface area is 102 Å². The molecule has 15 heavy (non-hydrogen) atoms. The van der Waals surface area contributed by atoms with Gasteiger partial charge in [-0.2, -0.15) is 0 Å². The van der Waals surface area contributed by atoms with Gasteiger partial charge >= 0.3 is 24.8 Å². The molecule has 1 aromatic carbocycles. The summed E-state index contributed by atoms with van der Waals surface area (Å²) in [6.07, 6.45) is 0. The predicted molar refractivity (Wildman–Crippen MR) is 49.6 cm³/mol. The van der Waals surface area contributed by atoms with Gasteiger partial charge in [-0.05, 0) is 42.3 Å². The van der Waals surface area contributed by atoms with Crippen molar-refractivity contribution in [3.63, 3.8) is 0 Å². The number of hydrogen-bond donors (Lipinski definition) is 0. The molecular formula is C9H9LiO4S. The van der Waals surface area contributed by atoms with E-state index >= 15 is 0 Å². The maximum atomic E-state index is 11.1. The number of rotatable bonds is 3. The van der Waals surface area contributed by atoms with Crippen LogP contribution in [0.25, 0.3) is 0 Å². The van der Waals surface area contributed by atoms with Gasteiger partial charge in [0.1, 0.15) is 0 Å². The second kappa shape index (κ2) is 6.80. The summed E-state index contributed by atoms with van der Waals surface area (Å²) in [7, 11) is 0. The Morgan fingerprint density at radius 3 is 2.33 bits per heavy atom. The summed E-state index contributed by atoms with van der Waals surface area (Å²) in [5.74, 6) is -0.448. The Balaban J connectivity index is 0.00000196. The summed E-state index contributed by atoms with van der Waals surface area (Å²) in [5, 5.41) is 0. The van der Waals surface area contributed by atoms with Crippen molar-refractivity contribution in [1.29, 1.82) is 0 Å². The number of benzene rings is 1. The average Bonchev–Trinajstić information content (AvgIpc) is 2.18. The third-order valence-corrected chi connectivity index (χ3v) is 2.21. The maximum Gasteiger partial charge on any atom is 1.00 e. The molecule has 0 aromatic heterocycles. The zero-order valence-corrected chi connectivity index (χ0v) is 9.37. The molecular weight excluding hydrogens is 211 g/mol. The molecule has 1 atom stereocenters. The van der Waals surface area contributed by atoms with Gasteiger partial charge in [-0.15, -0.1) is 0 Å². The van der Waals surface area contributed by atoms with E-state index < -0.39 is 17.0 Å². The number of ether oxygens (including phenoxy) is 1. The fourth-order valence-corrected chi connectivity index (χ4v) is 1.27. The number of hydrogen-bond acceptors (Lipinski definition) is 4. The third kappa shape index (κ3) is 4.18. The monoisotopic (exact) mass is 220 g/mol. The SMILES string of the molecule is CCOC(=O)c1ccc(S(=O)[O-])cc1.[Li+]. The van der Waals surface area contributed by atoms with Crippen molar-refractivity contribution in [2.24, 2.45) is 0 Å². The summed E-state index contributed by atoms with van der Waals surface area (Å²) >= 11 is -2.26. The molecule has 4 nitrogen and oxygen atoms in total. The molecule has 0 heterocycles. The Bertz CT molecular complexity index is 350. The third-order valence-electron chi connectivity index (χ3n) is 1.56. The van der Waals surface area contributed by atoms with E-state index in [2.05, 4.69) is 0 Å². The van der Waals surface area contributed by atoms with Crippen molar-refractivity contribution >= 4 is 17.0 Å². The molecule has 0 N–H and O–H groups in total. The van der Waals surface area contributed by atoms with Gasteiger partial charge in [0.05, 0.1) is 12.2 Å². The predicted octanol–water partition coefficient (Wildman–Crippen LogP) is -1.89. The summed E-state index contributed by atoms with van der Waals surface area (Å²) < 4.78 is 25.7. The van der Waals surface area contributed by atoms with Crippen LogP contribution >= 0.6 is 0 Å². The summed E-state index contributed by atoms with van der Waals surface area (Å²) in [4.78, 5) is 11.3. The molecule has 0 aliphatic rings. The minimum absolute atomic E-state index is 0. The van der Waals surface area contributed by atoms with Crippen molar-refractivity contribution in [3.8, 4) is 0 Å². The Morgan fingerprint density at radius 2 is 1.93 bits per heavy atom. The first-order chi connectivity index (χ1) is 6.65. The van der Waals surface area contributed by atoms with Gasteiger partial charge in [-0.3, -0.25) is 4.21 Å². The van der Waals surface area contributed by atoms with Crippen LogP contribution in [0.2, 0.25) is 0 Å². The molecule has 0 aliphatic heterocycles. The smallest absolute Gasteiger partial charge is 0.768 e. The maximum absolute atomic E-state index is 11.1. The number of carbonyl (C=O) groups excluding carboxylic acids is 1. The van der Waals surface area contributed by atoms with Gasteiger partial charge in [-0.1, -0.05) is 0 Å². The second-order valence-corrected chi connectivity index (χ2v) is 3.42. The van der Waals surface area contributed by atoms with Crippen molar-refractivity contribution in [2.45, 2.75) is 11.8 Å². The minimum atomic E-state index is -2.26. The number of esters is 1. The van der Waals surface area contributed by atoms with Crippen LogP contribution in [0.3, 0.4) is 0 Å². The Morgan fingerprint density at radius 1 is 1.40 bits per heavy atom. The summed E-state index contributed by atoms with van der Waals surface area (Å²) in [6, 6.07) is 5.55. The van der Waals surface area contributed by atoms with Crippen LogP contribution in [0.5, 0.6) is 0 Å². The van der Waals surface area contributed by atoms with E-state index in [1.54, 1.807) is 6.92 Å². The normalized spacial score (nSPS) is 11.3. The first-order valence-corrected chi connectivity index (χ1v) is 5.09. The van der Waals surface area contributed by atoms with Crippen molar-refractivity contribution in [1.82, 2.24) is 0 Å². The average molecular weight is 220 g/mol. The van der Waals surface area contributed by atoms with E-state index in [0.29, 0.717) is 12.2 Å². The molecule has 1 aromatic rings. The van der Waals surface area contributed by atoms with E-state index in [4.69, 9.17) is 4.74 Å². The quantitative estimate of drug-likeness (QED) is 0.339. The van der Waals surface area contributed by atoms with Crippen LogP contribution in [-0.2, 0) is 15.8 Å². The molecule has 0 saturated heterocycles. The zero-order chi connectivity index (χ0) is 10.6. The van der Waals surface area contributed by atoms with E-state index in [9.17, 15) is 13.6 Å². The molecule has 0 aliphatic carbocycles. The van der Waals surface area contributed by atoms with Crippen LogP contribution in [0.15, 0.2) is 29.2 Å². The summed E-state index contributed by atoms with van der Waals surface area (Å²) in [6.45, 7) is 2.01. The second-order valence-electron chi connectivity index (χ2n) is 2.48. The van der Waals surface area contributed by atoms with Crippen molar-refractivity contribution < 1.29 is 37.2 Å². The van der Waals surface area contributed by atoms with Crippen LogP contribution < -0.4 is 18.9 Å². The standard InChI is InChI=1S/C9H10O4S.Li/c1-2-13-9(10)7-3-5-8(6-4-7)14(11)12;/h3-6H,2H2,1H3,(H,11,12);/q;+1/p-1. The molecule has 76 valence electrons. The fourth-order valence-electron chi connectivity index (χ4n) is 0.917. The van der Waals surface area contributed by atoms with Gasteiger partial charge < -0.3 is 9.29 Å². The molecule has 6 heteroatoms. The number of carbonyl (C=O) groups is 1. The molecule has 0 saturated carbocycles. The van der Waals surface area contributed by atoms with E-state index in [-0.39, 0.29) is 23.8 Å². The van der Waals surface area contributed by atoms with E-state index in [0.717, 1.165) is 0 Å². The van der Waals surface area contributed by atoms with Crippen LogP contribution in [-0.4, -0.2) is 21.3 Å². The van der Waals surface area contributed by atoms with Crippen LogP contribution in [0.4, 0.5) is 0 Å². The Hall–Kier alpha value is -0.603. The molecule has 0 bridgehead atoms. The largest absolute Gasteiger partial charge is 1.00 e. The van der Waals surface area contributed by atoms with Crippen molar-refractivity contribution in [2.75, 3.05) is 6.61 Å². The van der Waals surface area contributed by atoms with E-state index in [1.165, 1.54) is 24.3 Å². The molecule has 0 fully saturated rings.